The average Bonchev–Trinajstić information content (AvgIpc) is 2.38. The molecular formula is C14H14O5. The van der Waals surface area contributed by atoms with Gasteiger partial charge >= 0.3 is 5.97 Å². The molecule has 100 valence electrons. The van der Waals surface area contributed by atoms with E-state index in [1.54, 1.807) is 6.92 Å². The third-order valence-corrected chi connectivity index (χ3v) is 3.17. The zero-order valence-electron chi connectivity index (χ0n) is 10.5. The second-order valence-corrected chi connectivity index (χ2v) is 4.38. The largest absolute Gasteiger partial charge is 0.508 e. The third kappa shape index (κ3) is 2.50. The molecule has 0 spiro atoms. The number of rotatable bonds is 3. The van der Waals surface area contributed by atoms with Crippen molar-refractivity contribution in [3.63, 3.8) is 0 Å². The Bertz CT molecular complexity index is 547. The Morgan fingerprint density at radius 2 is 2.16 bits per heavy atom. The van der Waals surface area contributed by atoms with Crippen LogP contribution in [-0.4, -0.2) is 29.2 Å². The highest BCUT2D eigenvalue weighted by atomic mass is 16.5. The summed E-state index contributed by atoms with van der Waals surface area (Å²) in [7, 11) is 0. The second-order valence-electron chi connectivity index (χ2n) is 4.38. The van der Waals surface area contributed by atoms with Crippen molar-refractivity contribution in [1.29, 1.82) is 0 Å². The maximum atomic E-state index is 12.2. The summed E-state index contributed by atoms with van der Waals surface area (Å²) in [4.78, 5) is 35.4. The van der Waals surface area contributed by atoms with Crippen molar-refractivity contribution in [2.24, 2.45) is 5.92 Å². The van der Waals surface area contributed by atoms with Crippen molar-refractivity contribution < 1.29 is 24.2 Å². The van der Waals surface area contributed by atoms with Gasteiger partial charge in [-0.25, -0.2) is 4.79 Å². The normalized spacial score (nSPS) is 17.7. The number of fused-ring (bicyclic) bond motifs is 1. The number of ketones is 2. The van der Waals surface area contributed by atoms with Gasteiger partial charge in [0.2, 0.25) is 0 Å². The number of esters is 1. The van der Waals surface area contributed by atoms with Crippen molar-refractivity contribution in [3.8, 4) is 5.75 Å². The molecule has 2 rings (SSSR count). The molecule has 0 fully saturated rings. The minimum atomic E-state index is -0.962. The van der Waals surface area contributed by atoms with Crippen LogP contribution in [0.2, 0.25) is 0 Å². The number of aromatic hydroxyl groups is 1. The highest BCUT2D eigenvalue weighted by Crippen LogP contribution is 2.28. The van der Waals surface area contributed by atoms with Gasteiger partial charge in [-0.15, -0.1) is 0 Å². The maximum absolute atomic E-state index is 12.2. The lowest BCUT2D eigenvalue weighted by molar-refractivity contribution is -0.154. The molecule has 0 saturated heterocycles. The molecule has 1 N–H and O–H groups in total. The van der Waals surface area contributed by atoms with E-state index in [1.807, 2.05) is 0 Å². The summed E-state index contributed by atoms with van der Waals surface area (Å²) in [5, 5.41) is 9.36. The third-order valence-electron chi connectivity index (χ3n) is 3.17. The Morgan fingerprint density at radius 3 is 2.84 bits per heavy atom. The van der Waals surface area contributed by atoms with Crippen molar-refractivity contribution in [3.05, 3.63) is 29.3 Å². The van der Waals surface area contributed by atoms with Gasteiger partial charge in [-0.3, -0.25) is 9.59 Å². The lowest BCUT2D eigenvalue weighted by Crippen LogP contribution is -2.35. The molecule has 0 aromatic heterocycles. The van der Waals surface area contributed by atoms with Crippen molar-refractivity contribution in [1.82, 2.24) is 0 Å². The van der Waals surface area contributed by atoms with Crippen LogP contribution in [0.1, 0.15) is 29.3 Å². The molecule has 1 aliphatic carbocycles. The molecule has 1 atom stereocenters. The molecule has 0 saturated carbocycles. The van der Waals surface area contributed by atoms with E-state index in [4.69, 9.17) is 0 Å². The molecule has 19 heavy (non-hydrogen) atoms. The van der Waals surface area contributed by atoms with Gasteiger partial charge in [-0.2, -0.15) is 0 Å². The van der Waals surface area contributed by atoms with E-state index in [0.717, 1.165) is 0 Å². The lowest BCUT2D eigenvalue weighted by Gasteiger charge is -2.21. The first-order chi connectivity index (χ1) is 9.04. The number of ether oxygens (including phenoxy) is 1. The zero-order chi connectivity index (χ0) is 14.0. The minimum absolute atomic E-state index is 0.0849. The quantitative estimate of drug-likeness (QED) is 0.504. The molecule has 0 radical (unpaired) electrons. The van der Waals surface area contributed by atoms with Gasteiger partial charge in [0, 0.05) is 5.56 Å². The Kier molecular flexibility index (Phi) is 3.64. The van der Waals surface area contributed by atoms with Gasteiger partial charge in [0.25, 0.3) is 5.78 Å². The summed E-state index contributed by atoms with van der Waals surface area (Å²) in [6.07, 6.45) is 0.748. The van der Waals surface area contributed by atoms with Crippen LogP contribution >= 0.6 is 0 Å². The number of hydrogen-bond acceptors (Lipinski definition) is 5. The smallest absolute Gasteiger partial charge is 0.375 e. The number of phenolic OH excluding ortho intramolecular Hbond substituents is 1. The van der Waals surface area contributed by atoms with Gasteiger partial charge in [0.1, 0.15) is 5.75 Å². The first kappa shape index (κ1) is 13.3. The fourth-order valence-electron chi connectivity index (χ4n) is 2.24. The van der Waals surface area contributed by atoms with Crippen molar-refractivity contribution >= 4 is 17.5 Å². The van der Waals surface area contributed by atoms with Gasteiger partial charge in [0.15, 0.2) is 5.78 Å². The average molecular weight is 262 g/mol. The summed E-state index contributed by atoms with van der Waals surface area (Å²) >= 11 is 0. The first-order valence-electron chi connectivity index (χ1n) is 6.11. The Balaban J connectivity index is 2.24. The van der Waals surface area contributed by atoms with E-state index in [2.05, 4.69) is 4.74 Å². The van der Waals surface area contributed by atoms with E-state index in [1.165, 1.54) is 18.2 Å². The number of aryl methyl sites for hydroxylation is 1. The van der Waals surface area contributed by atoms with E-state index in [-0.39, 0.29) is 24.6 Å². The number of phenols is 1. The molecule has 0 amide bonds. The van der Waals surface area contributed by atoms with Crippen LogP contribution in [0.5, 0.6) is 5.75 Å². The van der Waals surface area contributed by atoms with Crippen LogP contribution in [0.15, 0.2) is 18.2 Å². The summed E-state index contributed by atoms with van der Waals surface area (Å²) in [6.45, 7) is 1.71. The standard InChI is InChI=1S/C14H14O5/c1-2-19-14(18)13(17)11-5-3-8-7-9(15)4-6-10(8)12(11)16/h4,6-7,11,15H,2-3,5H2,1H3. The van der Waals surface area contributed by atoms with Crippen molar-refractivity contribution in [2.45, 2.75) is 19.8 Å². The summed E-state index contributed by atoms with van der Waals surface area (Å²) < 4.78 is 4.63. The van der Waals surface area contributed by atoms with Gasteiger partial charge < -0.3 is 9.84 Å². The topological polar surface area (TPSA) is 80.7 Å². The SMILES string of the molecule is CCOC(=O)C(=O)C1CCc2cc(O)ccc2C1=O. The van der Waals surface area contributed by atoms with Gasteiger partial charge in [-0.1, -0.05) is 0 Å². The molecule has 5 heteroatoms. The monoisotopic (exact) mass is 262 g/mol. The number of carbonyl (C=O) groups is 3. The molecular weight excluding hydrogens is 248 g/mol. The molecule has 5 nitrogen and oxygen atoms in total. The van der Waals surface area contributed by atoms with Crippen LogP contribution in [0, 0.1) is 5.92 Å². The summed E-state index contributed by atoms with van der Waals surface area (Å²) in [5.41, 5.74) is 1.10. The maximum Gasteiger partial charge on any atom is 0.375 e. The Hall–Kier alpha value is -2.17. The highest BCUT2D eigenvalue weighted by Gasteiger charge is 2.36. The van der Waals surface area contributed by atoms with Crippen LogP contribution in [0.4, 0.5) is 0 Å². The zero-order valence-corrected chi connectivity index (χ0v) is 10.5. The number of Topliss-reactive ketones (excluding diaryl/α,β-unsaturated/α-hetero) is 2. The van der Waals surface area contributed by atoms with E-state index in [9.17, 15) is 19.5 Å². The summed E-state index contributed by atoms with van der Waals surface area (Å²) in [6, 6.07) is 4.39. The molecule has 0 bridgehead atoms. The molecule has 0 aliphatic heterocycles. The van der Waals surface area contributed by atoms with Crippen LogP contribution in [0.25, 0.3) is 0 Å². The van der Waals surface area contributed by atoms with Crippen LogP contribution in [0.3, 0.4) is 0 Å². The highest BCUT2D eigenvalue weighted by molar-refractivity contribution is 6.39. The van der Waals surface area contributed by atoms with Gasteiger partial charge in [0.05, 0.1) is 12.5 Å². The molecule has 1 aromatic rings. The Labute approximate surface area is 110 Å². The van der Waals surface area contributed by atoms with Crippen molar-refractivity contribution in [2.75, 3.05) is 6.61 Å². The molecule has 1 aliphatic rings. The van der Waals surface area contributed by atoms with Gasteiger partial charge in [-0.05, 0) is 43.5 Å². The minimum Gasteiger partial charge on any atom is -0.508 e. The van der Waals surface area contributed by atoms with E-state index >= 15 is 0 Å². The number of benzene rings is 1. The molecule has 1 unspecified atom stereocenters. The Morgan fingerprint density at radius 1 is 1.42 bits per heavy atom. The van der Waals surface area contributed by atoms with E-state index in [0.29, 0.717) is 17.5 Å². The van der Waals surface area contributed by atoms with Crippen LogP contribution < -0.4 is 0 Å². The molecule has 0 heterocycles. The van der Waals surface area contributed by atoms with E-state index < -0.39 is 17.7 Å². The lowest BCUT2D eigenvalue weighted by atomic mass is 9.80. The molecule has 1 aromatic carbocycles. The fourth-order valence-corrected chi connectivity index (χ4v) is 2.24. The second kappa shape index (κ2) is 5.22. The number of carbonyl (C=O) groups excluding carboxylic acids is 3. The number of hydrogen-bond donors (Lipinski definition) is 1. The predicted octanol–water partition coefficient (Wildman–Crippen LogP) is 1.27. The summed E-state index contributed by atoms with van der Waals surface area (Å²) in [5.74, 6) is -2.99. The fraction of sp³-hybridized carbons (Fsp3) is 0.357. The van der Waals surface area contributed by atoms with Crippen LogP contribution in [-0.2, 0) is 20.7 Å². The first-order valence-corrected chi connectivity index (χ1v) is 6.11. The predicted molar refractivity (Wildman–Crippen MR) is 65.9 cm³/mol.